The number of nitrogens with one attached hydrogen (secondary N) is 1. The van der Waals surface area contributed by atoms with Crippen molar-refractivity contribution in [3.63, 3.8) is 0 Å². The number of hydrogen-bond acceptors (Lipinski definition) is 3. The summed E-state index contributed by atoms with van der Waals surface area (Å²) in [4.78, 5) is 14.6. The Morgan fingerprint density at radius 3 is 3.00 bits per heavy atom. The highest BCUT2D eigenvalue weighted by Gasteiger charge is 2.34. The Morgan fingerprint density at radius 2 is 2.28 bits per heavy atom. The lowest BCUT2D eigenvalue weighted by molar-refractivity contribution is -0.135. The predicted molar refractivity (Wildman–Crippen MR) is 71.2 cm³/mol. The van der Waals surface area contributed by atoms with Gasteiger partial charge in [-0.3, -0.25) is 4.79 Å². The van der Waals surface area contributed by atoms with Gasteiger partial charge in [-0.05, 0) is 51.0 Å². The number of amides is 1. The van der Waals surface area contributed by atoms with Gasteiger partial charge in [0.1, 0.15) is 0 Å². The molecule has 2 saturated heterocycles. The quantitative estimate of drug-likeness (QED) is 0.791. The second-order valence-corrected chi connectivity index (χ2v) is 5.83. The minimum atomic E-state index is 0.0310. The van der Waals surface area contributed by atoms with Crippen LogP contribution in [0.2, 0.25) is 0 Å². The summed E-state index contributed by atoms with van der Waals surface area (Å²) in [7, 11) is 0. The number of carbonyl (C=O) groups excluding carboxylic acids is 1. The summed E-state index contributed by atoms with van der Waals surface area (Å²) in [6.45, 7) is 4.33. The van der Waals surface area contributed by atoms with E-state index in [9.17, 15) is 4.79 Å². The molecule has 2 aliphatic rings. The molecule has 18 heavy (non-hydrogen) atoms. The third-order valence-corrected chi connectivity index (χ3v) is 4.32. The van der Waals surface area contributed by atoms with Crippen LogP contribution in [-0.4, -0.2) is 47.7 Å². The monoisotopic (exact) mass is 254 g/mol. The molecular formula is C14H26N2O2. The SMILES string of the molecule is CC1CCNC(C(=O)N2CCCC2CCCO)C1. The van der Waals surface area contributed by atoms with Crippen molar-refractivity contribution < 1.29 is 9.90 Å². The van der Waals surface area contributed by atoms with E-state index in [1.165, 1.54) is 6.42 Å². The molecule has 0 aromatic rings. The molecular weight excluding hydrogens is 228 g/mol. The molecule has 4 heteroatoms. The van der Waals surface area contributed by atoms with Crippen molar-refractivity contribution in [1.29, 1.82) is 0 Å². The lowest BCUT2D eigenvalue weighted by Gasteiger charge is -2.33. The number of aliphatic hydroxyl groups is 1. The number of likely N-dealkylation sites (tertiary alicyclic amines) is 1. The van der Waals surface area contributed by atoms with Crippen LogP contribution in [0.25, 0.3) is 0 Å². The third-order valence-electron chi connectivity index (χ3n) is 4.32. The average molecular weight is 254 g/mol. The van der Waals surface area contributed by atoms with E-state index in [-0.39, 0.29) is 12.6 Å². The molecule has 0 aromatic heterocycles. The molecule has 0 bridgehead atoms. The molecule has 2 rings (SSSR count). The van der Waals surface area contributed by atoms with Gasteiger partial charge in [-0.2, -0.15) is 0 Å². The Balaban J connectivity index is 1.90. The fourth-order valence-corrected chi connectivity index (χ4v) is 3.25. The predicted octanol–water partition coefficient (Wildman–Crippen LogP) is 1.14. The fourth-order valence-electron chi connectivity index (χ4n) is 3.25. The van der Waals surface area contributed by atoms with E-state index >= 15 is 0 Å². The van der Waals surface area contributed by atoms with Crippen molar-refractivity contribution >= 4 is 5.91 Å². The number of hydrogen-bond donors (Lipinski definition) is 2. The lowest BCUT2D eigenvalue weighted by Crippen LogP contribution is -2.51. The second kappa shape index (κ2) is 6.53. The summed E-state index contributed by atoms with van der Waals surface area (Å²) >= 11 is 0. The number of rotatable bonds is 4. The zero-order chi connectivity index (χ0) is 13.0. The number of nitrogens with zero attached hydrogens (tertiary/aromatic N) is 1. The van der Waals surface area contributed by atoms with Crippen LogP contribution in [-0.2, 0) is 4.79 Å². The molecule has 1 amide bonds. The van der Waals surface area contributed by atoms with E-state index in [4.69, 9.17) is 5.11 Å². The Hall–Kier alpha value is -0.610. The molecule has 2 heterocycles. The second-order valence-electron chi connectivity index (χ2n) is 5.83. The molecule has 0 saturated carbocycles. The molecule has 104 valence electrons. The molecule has 2 N–H and O–H groups in total. The standard InChI is InChI=1S/C14H26N2O2/c1-11-6-7-15-13(10-11)14(18)16-8-2-4-12(16)5-3-9-17/h11-13,15,17H,2-10H2,1H3. The number of piperidine rings is 1. The molecule has 0 spiro atoms. The Bertz CT molecular complexity index is 283. The normalized spacial score (nSPS) is 32.8. The van der Waals surface area contributed by atoms with Crippen LogP contribution in [0.4, 0.5) is 0 Å². The molecule has 0 aromatic carbocycles. The van der Waals surface area contributed by atoms with Crippen molar-refractivity contribution in [3.05, 3.63) is 0 Å². The molecule has 2 aliphatic heterocycles. The van der Waals surface area contributed by atoms with Crippen molar-refractivity contribution in [2.24, 2.45) is 5.92 Å². The number of aliphatic hydroxyl groups excluding tert-OH is 1. The van der Waals surface area contributed by atoms with E-state index in [1.54, 1.807) is 0 Å². The molecule has 4 nitrogen and oxygen atoms in total. The van der Waals surface area contributed by atoms with Gasteiger partial charge in [0.2, 0.25) is 5.91 Å². The van der Waals surface area contributed by atoms with Crippen molar-refractivity contribution in [1.82, 2.24) is 10.2 Å². The van der Waals surface area contributed by atoms with Gasteiger partial charge in [-0.25, -0.2) is 0 Å². The van der Waals surface area contributed by atoms with Crippen LogP contribution in [0.15, 0.2) is 0 Å². The third kappa shape index (κ3) is 3.23. The smallest absolute Gasteiger partial charge is 0.239 e. The zero-order valence-electron chi connectivity index (χ0n) is 11.4. The van der Waals surface area contributed by atoms with E-state index in [1.807, 2.05) is 0 Å². The maximum Gasteiger partial charge on any atom is 0.239 e. The van der Waals surface area contributed by atoms with Gasteiger partial charge in [-0.15, -0.1) is 0 Å². The molecule has 0 radical (unpaired) electrons. The summed E-state index contributed by atoms with van der Waals surface area (Å²) < 4.78 is 0. The van der Waals surface area contributed by atoms with Crippen molar-refractivity contribution in [2.45, 2.75) is 57.5 Å². The molecule has 3 unspecified atom stereocenters. The minimum Gasteiger partial charge on any atom is -0.396 e. The Kier molecular flexibility index (Phi) is 5.01. The van der Waals surface area contributed by atoms with Crippen LogP contribution in [0.3, 0.4) is 0 Å². The maximum absolute atomic E-state index is 12.5. The van der Waals surface area contributed by atoms with Crippen molar-refractivity contribution in [3.8, 4) is 0 Å². The first-order valence-electron chi connectivity index (χ1n) is 7.37. The lowest BCUT2D eigenvalue weighted by atomic mass is 9.93. The van der Waals surface area contributed by atoms with Gasteiger partial charge in [-0.1, -0.05) is 6.92 Å². The van der Waals surface area contributed by atoms with Gasteiger partial charge in [0, 0.05) is 19.2 Å². The van der Waals surface area contributed by atoms with Gasteiger partial charge < -0.3 is 15.3 Å². The van der Waals surface area contributed by atoms with Crippen LogP contribution in [0.1, 0.15) is 45.4 Å². The summed E-state index contributed by atoms with van der Waals surface area (Å²) in [5.74, 6) is 0.945. The van der Waals surface area contributed by atoms with E-state index in [0.717, 1.165) is 45.2 Å². The summed E-state index contributed by atoms with van der Waals surface area (Å²) in [5.41, 5.74) is 0. The van der Waals surface area contributed by atoms with Crippen LogP contribution in [0, 0.1) is 5.92 Å². The van der Waals surface area contributed by atoms with Crippen LogP contribution in [0.5, 0.6) is 0 Å². The average Bonchev–Trinajstić information content (AvgIpc) is 2.83. The highest BCUT2D eigenvalue weighted by atomic mass is 16.3. The first kappa shape index (κ1) is 13.8. The summed E-state index contributed by atoms with van der Waals surface area (Å²) in [5, 5.41) is 12.3. The first-order valence-corrected chi connectivity index (χ1v) is 7.37. The van der Waals surface area contributed by atoms with E-state index in [0.29, 0.717) is 17.9 Å². The van der Waals surface area contributed by atoms with Crippen molar-refractivity contribution in [2.75, 3.05) is 19.7 Å². The van der Waals surface area contributed by atoms with Gasteiger partial charge >= 0.3 is 0 Å². The van der Waals surface area contributed by atoms with Gasteiger partial charge in [0.25, 0.3) is 0 Å². The minimum absolute atomic E-state index is 0.0310. The van der Waals surface area contributed by atoms with E-state index < -0.39 is 0 Å². The van der Waals surface area contributed by atoms with Gasteiger partial charge in [0.15, 0.2) is 0 Å². The summed E-state index contributed by atoms with van der Waals surface area (Å²) in [6, 6.07) is 0.396. The fraction of sp³-hybridized carbons (Fsp3) is 0.929. The highest BCUT2D eigenvalue weighted by Crippen LogP contribution is 2.24. The molecule has 2 fully saturated rings. The topological polar surface area (TPSA) is 52.6 Å². The molecule has 0 aliphatic carbocycles. The zero-order valence-corrected chi connectivity index (χ0v) is 11.4. The Morgan fingerprint density at radius 1 is 1.44 bits per heavy atom. The van der Waals surface area contributed by atoms with E-state index in [2.05, 4.69) is 17.1 Å². The summed E-state index contributed by atoms with van der Waals surface area (Å²) in [6.07, 6.45) is 6.13. The molecule has 3 atom stereocenters. The van der Waals surface area contributed by atoms with Gasteiger partial charge in [0.05, 0.1) is 6.04 Å². The highest BCUT2D eigenvalue weighted by molar-refractivity contribution is 5.82. The maximum atomic E-state index is 12.5. The first-order chi connectivity index (χ1) is 8.72. The number of carbonyl (C=O) groups is 1. The largest absolute Gasteiger partial charge is 0.396 e. The van der Waals surface area contributed by atoms with Crippen LogP contribution >= 0.6 is 0 Å². The van der Waals surface area contributed by atoms with Crippen LogP contribution < -0.4 is 5.32 Å². The Labute approximate surface area is 110 Å².